The first-order valence-corrected chi connectivity index (χ1v) is 11.0. The molecule has 3 aromatic rings. The second-order valence-corrected chi connectivity index (χ2v) is 8.21. The third-order valence-electron chi connectivity index (χ3n) is 5.99. The van der Waals surface area contributed by atoms with Gasteiger partial charge in [-0.25, -0.2) is 0 Å². The van der Waals surface area contributed by atoms with Crippen LogP contribution in [-0.2, 0) is 34.3 Å². The maximum absolute atomic E-state index is 13.4. The number of nitrogens with zero attached hydrogens (tertiary/aromatic N) is 1. The van der Waals surface area contributed by atoms with Crippen LogP contribution in [0.3, 0.4) is 0 Å². The van der Waals surface area contributed by atoms with Crippen molar-refractivity contribution >= 4 is 5.91 Å². The number of benzene rings is 2. The summed E-state index contributed by atoms with van der Waals surface area (Å²) in [6.45, 7) is 1.15. The van der Waals surface area contributed by atoms with Crippen LogP contribution in [0.2, 0.25) is 0 Å². The van der Waals surface area contributed by atoms with Gasteiger partial charge < -0.3 is 14.8 Å². The molecular formula is C26H25F3N2O3. The number of amides is 1. The molecule has 1 fully saturated rings. The third kappa shape index (κ3) is 5.56. The lowest BCUT2D eigenvalue weighted by Gasteiger charge is -2.36. The summed E-state index contributed by atoms with van der Waals surface area (Å²) < 4.78 is 51.1. The number of hydrogen-bond acceptors (Lipinski definition) is 4. The molecule has 0 spiro atoms. The fourth-order valence-corrected chi connectivity index (χ4v) is 4.10. The molecule has 0 unspecified atom stereocenters. The smallest absolute Gasteiger partial charge is 0.416 e. The minimum absolute atomic E-state index is 0.223. The van der Waals surface area contributed by atoms with E-state index in [1.54, 1.807) is 12.3 Å². The zero-order chi connectivity index (χ0) is 24.0. The molecule has 1 saturated heterocycles. The second kappa shape index (κ2) is 10.3. The van der Waals surface area contributed by atoms with Crippen LogP contribution in [-0.4, -0.2) is 24.1 Å². The second-order valence-electron chi connectivity index (χ2n) is 8.21. The number of hydrogen-bond donors (Lipinski definition) is 1. The normalized spacial score (nSPS) is 15.5. The number of alkyl halides is 3. The Balaban J connectivity index is 1.47. The van der Waals surface area contributed by atoms with Crippen LogP contribution in [0.25, 0.3) is 0 Å². The molecular weight excluding hydrogens is 445 g/mol. The first kappa shape index (κ1) is 23.8. The Kier molecular flexibility index (Phi) is 7.17. The Hall–Kier alpha value is -3.39. The molecule has 2 aromatic carbocycles. The summed E-state index contributed by atoms with van der Waals surface area (Å²) in [5.74, 6) is 0.325. The van der Waals surface area contributed by atoms with E-state index in [9.17, 15) is 18.0 Å². The Labute approximate surface area is 195 Å². The van der Waals surface area contributed by atoms with Gasteiger partial charge in [-0.1, -0.05) is 36.4 Å². The summed E-state index contributed by atoms with van der Waals surface area (Å²) in [6.07, 6.45) is -2.16. The van der Waals surface area contributed by atoms with Gasteiger partial charge in [-0.05, 0) is 54.3 Å². The molecule has 1 amide bonds. The molecule has 2 heterocycles. The highest BCUT2D eigenvalue weighted by molar-refractivity contribution is 5.88. The van der Waals surface area contributed by atoms with E-state index < -0.39 is 17.2 Å². The largest absolute Gasteiger partial charge is 0.487 e. The van der Waals surface area contributed by atoms with Crippen LogP contribution in [0.5, 0.6) is 5.75 Å². The molecule has 1 aliphatic heterocycles. The zero-order valence-electron chi connectivity index (χ0n) is 18.5. The Morgan fingerprint density at radius 3 is 2.56 bits per heavy atom. The van der Waals surface area contributed by atoms with Crippen molar-refractivity contribution in [1.29, 1.82) is 0 Å². The van der Waals surface area contributed by atoms with Gasteiger partial charge in [0.15, 0.2) is 0 Å². The Morgan fingerprint density at radius 1 is 1.03 bits per heavy atom. The number of carbonyl (C=O) groups excluding carboxylic acids is 1. The number of aromatic nitrogens is 1. The average Bonchev–Trinajstić information content (AvgIpc) is 2.87. The minimum atomic E-state index is -4.48. The first-order chi connectivity index (χ1) is 16.4. The maximum atomic E-state index is 13.4. The summed E-state index contributed by atoms with van der Waals surface area (Å²) in [6, 6.07) is 17.9. The topological polar surface area (TPSA) is 60.5 Å². The average molecular weight is 470 g/mol. The van der Waals surface area contributed by atoms with Crippen molar-refractivity contribution in [3.63, 3.8) is 0 Å². The van der Waals surface area contributed by atoms with Crippen molar-refractivity contribution in [1.82, 2.24) is 10.3 Å². The van der Waals surface area contributed by atoms with Gasteiger partial charge in [-0.3, -0.25) is 9.78 Å². The van der Waals surface area contributed by atoms with E-state index in [0.29, 0.717) is 44.0 Å². The van der Waals surface area contributed by atoms with E-state index >= 15 is 0 Å². The predicted molar refractivity (Wildman–Crippen MR) is 120 cm³/mol. The number of nitrogens with one attached hydrogen (secondary N) is 1. The van der Waals surface area contributed by atoms with Gasteiger partial charge in [0.2, 0.25) is 5.91 Å². The van der Waals surface area contributed by atoms with Crippen molar-refractivity contribution in [2.75, 3.05) is 13.2 Å². The molecule has 0 atom stereocenters. The van der Waals surface area contributed by atoms with Gasteiger partial charge in [-0.2, -0.15) is 13.2 Å². The molecule has 1 N–H and O–H groups in total. The number of pyridine rings is 1. The van der Waals surface area contributed by atoms with Crippen LogP contribution in [0.4, 0.5) is 13.2 Å². The SMILES string of the molecule is O=C(NCc1cccc(OCc2ccccn2)c1)C1(c2cccc(C(F)(F)F)c2)CCOCC1. The number of carbonyl (C=O) groups is 1. The van der Waals surface area contributed by atoms with Crippen molar-refractivity contribution in [2.45, 2.75) is 37.6 Å². The van der Waals surface area contributed by atoms with Crippen LogP contribution in [0, 0.1) is 0 Å². The van der Waals surface area contributed by atoms with Gasteiger partial charge in [0.1, 0.15) is 12.4 Å². The fourth-order valence-electron chi connectivity index (χ4n) is 4.10. The van der Waals surface area contributed by atoms with Gasteiger partial charge in [0.25, 0.3) is 0 Å². The van der Waals surface area contributed by atoms with Crippen molar-refractivity contribution in [2.24, 2.45) is 0 Å². The summed E-state index contributed by atoms with van der Waals surface area (Å²) >= 11 is 0. The summed E-state index contributed by atoms with van der Waals surface area (Å²) in [4.78, 5) is 17.6. The Morgan fingerprint density at radius 2 is 1.82 bits per heavy atom. The molecule has 34 heavy (non-hydrogen) atoms. The summed E-state index contributed by atoms with van der Waals surface area (Å²) in [5.41, 5.74) is 0.130. The van der Waals surface area contributed by atoms with Crippen LogP contribution < -0.4 is 10.1 Å². The third-order valence-corrected chi connectivity index (χ3v) is 5.99. The zero-order valence-corrected chi connectivity index (χ0v) is 18.5. The molecule has 0 radical (unpaired) electrons. The van der Waals surface area contributed by atoms with Gasteiger partial charge in [-0.15, -0.1) is 0 Å². The van der Waals surface area contributed by atoms with E-state index in [1.807, 2.05) is 42.5 Å². The van der Waals surface area contributed by atoms with E-state index in [2.05, 4.69) is 10.3 Å². The molecule has 0 aliphatic carbocycles. The molecule has 1 aromatic heterocycles. The number of halogens is 3. The summed E-state index contributed by atoms with van der Waals surface area (Å²) in [5, 5.41) is 2.92. The van der Waals surface area contributed by atoms with Gasteiger partial charge in [0.05, 0.1) is 16.7 Å². The summed E-state index contributed by atoms with van der Waals surface area (Å²) in [7, 11) is 0. The molecule has 0 bridgehead atoms. The lowest BCUT2D eigenvalue weighted by molar-refractivity contribution is -0.138. The van der Waals surface area contributed by atoms with E-state index in [-0.39, 0.29) is 12.5 Å². The number of ether oxygens (including phenoxy) is 2. The van der Waals surface area contributed by atoms with Crippen LogP contribution >= 0.6 is 0 Å². The van der Waals surface area contributed by atoms with E-state index in [0.717, 1.165) is 23.4 Å². The van der Waals surface area contributed by atoms with Crippen LogP contribution in [0.15, 0.2) is 72.9 Å². The predicted octanol–water partition coefficient (Wildman–Crippen LogP) is 5.04. The molecule has 5 nitrogen and oxygen atoms in total. The molecule has 4 rings (SSSR count). The monoisotopic (exact) mass is 470 g/mol. The lowest BCUT2D eigenvalue weighted by atomic mass is 9.73. The standard InChI is InChI=1S/C26H25F3N2O3/c27-26(28,29)21-7-4-6-20(16-21)25(10-13-33-14-11-25)24(32)31-17-19-5-3-9-23(15-19)34-18-22-8-1-2-12-30-22/h1-9,12,15-16H,10-11,13-14,17-18H2,(H,31,32). The Bertz CT molecular complexity index is 1110. The van der Waals surface area contributed by atoms with Crippen LogP contribution in [0.1, 0.15) is 35.2 Å². The van der Waals surface area contributed by atoms with Crippen molar-refractivity contribution < 1.29 is 27.4 Å². The number of rotatable bonds is 7. The molecule has 1 aliphatic rings. The van der Waals surface area contributed by atoms with Crippen molar-refractivity contribution in [3.05, 3.63) is 95.3 Å². The quantitative estimate of drug-likeness (QED) is 0.525. The highest BCUT2D eigenvalue weighted by atomic mass is 19.4. The molecule has 8 heteroatoms. The highest BCUT2D eigenvalue weighted by Crippen LogP contribution is 2.38. The lowest BCUT2D eigenvalue weighted by Crippen LogP contribution is -2.47. The molecule has 178 valence electrons. The maximum Gasteiger partial charge on any atom is 0.416 e. The highest BCUT2D eigenvalue weighted by Gasteiger charge is 2.43. The van der Waals surface area contributed by atoms with E-state index in [4.69, 9.17) is 9.47 Å². The van der Waals surface area contributed by atoms with Gasteiger partial charge >= 0.3 is 6.18 Å². The van der Waals surface area contributed by atoms with Gasteiger partial charge in [0, 0.05) is 26.0 Å². The first-order valence-electron chi connectivity index (χ1n) is 11.0. The van der Waals surface area contributed by atoms with Crippen molar-refractivity contribution in [3.8, 4) is 5.75 Å². The minimum Gasteiger partial charge on any atom is -0.487 e. The molecule has 0 saturated carbocycles. The van der Waals surface area contributed by atoms with E-state index in [1.165, 1.54) is 6.07 Å². The fraction of sp³-hybridized carbons (Fsp3) is 0.308.